The predicted octanol–water partition coefficient (Wildman–Crippen LogP) is 3.76. The van der Waals surface area contributed by atoms with Crippen molar-refractivity contribution in [3.63, 3.8) is 0 Å². The zero-order valence-electron chi connectivity index (χ0n) is 12.5. The number of hydrogen-bond donors (Lipinski definition) is 0. The number of amides is 1. The molecule has 1 heterocycles. The second kappa shape index (κ2) is 5.59. The van der Waals surface area contributed by atoms with Gasteiger partial charge in [0.05, 0.1) is 5.41 Å². The van der Waals surface area contributed by atoms with Crippen molar-refractivity contribution in [1.29, 1.82) is 0 Å². The fourth-order valence-corrected chi connectivity index (χ4v) is 3.88. The summed E-state index contributed by atoms with van der Waals surface area (Å²) in [4.78, 5) is 15.3. The van der Waals surface area contributed by atoms with Gasteiger partial charge in [-0.3, -0.25) is 4.79 Å². The summed E-state index contributed by atoms with van der Waals surface area (Å²) in [6.07, 6.45) is 6.76. The summed E-state index contributed by atoms with van der Waals surface area (Å²) in [5.41, 5.74) is 1.02. The van der Waals surface area contributed by atoms with Crippen LogP contribution in [0, 0.1) is 5.92 Å². The van der Waals surface area contributed by atoms with E-state index < -0.39 is 0 Å². The van der Waals surface area contributed by atoms with Crippen molar-refractivity contribution in [3.8, 4) is 0 Å². The molecule has 20 heavy (non-hydrogen) atoms. The van der Waals surface area contributed by atoms with Gasteiger partial charge in [-0.1, -0.05) is 50.1 Å². The summed E-state index contributed by atoms with van der Waals surface area (Å²) in [7, 11) is 0. The first-order valence-electron chi connectivity index (χ1n) is 8.07. The van der Waals surface area contributed by atoms with Crippen molar-refractivity contribution in [2.24, 2.45) is 5.92 Å². The Kier molecular flexibility index (Phi) is 3.82. The van der Waals surface area contributed by atoms with E-state index in [9.17, 15) is 4.79 Å². The standard InChI is InChI=1S/C18H25NO/c1-15-9-13-19(14-10-15)17(20)18(11-5-6-12-18)16-7-3-2-4-8-16/h2-4,7-8,15H,5-6,9-14H2,1H3. The molecular weight excluding hydrogens is 246 g/mol. The monoisotopic (exact) mass is 271 g/mol. The highest BCUT2D eigenvalue weighted by Crippen LogP contribution is 2.43. The second-order valence-corrected chi connectivity index (χ2v) is 6.63. The fourth-order valence-electron chi connectivity index (χ4n) is 3.88. The molecule has 1 aliphatic heterocycles. The maximum atomic E-state index is 13.2. The van der Waals surface area contributed by atoms with E-state index in [0.29, 0.717) is 5.91 Å². The number of carbonyl (C=O) groups excluding carboxylic acids is 1. The van der Waals surface area contributed by atoms with E-state index in [4.69, 9.17) is 0 Å². The smallest absolute Gasteiger partial charge is 0.233 e. The molecule has 108 valence electrons. The van der Waals surface area contributed by atoms with Crippen LogP contribution in [0.25, 0.3) is 0 Å². The summed E-state index contributed by atoms with van der Waals surface area (Å²) >= 11 is 0. The first-order chi connectivity index (χ1) is 9.72. The van der Waals surface area contributed by atoms with Gasteiger partial charge in [0.1, 0.15) is 0 Å². The summed E-state index contributed by atoms with van der Waals surface area (Å²) in [6, 6.07) is 10.5. The molecule has 1 amide bonds. The topological polar surface area (TPSA) is 20.3 Å². The molecular formula is C18H25NO. The molecule has 1 saturated carbocycles. The van der Waals surface area contributed by atoms with E-state index in [0.717, 1.165) is 44.7 Å². The Bertz CT molecular complexity index is 454. The summed E-state index contributed by atoms with van der Waals surface area (Å²) in [5.74, 6) is 1.17. The van der Waals surface area contributed by atoms with Crippen LogP contribution in [0.3, 0.4) is 0 Å². The van der Waals surface area contributed by atoms with Crippen molar-refractivity contribution in [1.82, 2.24) is 4.90 Å². The predicted molar refractivity (Wildman–Crippen MR) is 81.6 cm³/mol. The Labute approximate surface area is 122 Å². The zero-order valence-corrected chi connectivity index (χ0v) is 12.5. The third-order valence-corrected chi connectivity index (χ3v) is 5.26. The van der Waals surface area contributed by atoms with Crippen molar-refractivity contribution < 1.29 is 4.79 Å². The fraction of sp³-hybridized carbons (Fsp3) is 0.611. The van der Waals surface area contributed by atoms with Gasteiger partial charge >= 0.3 is 0 Å². The molecule has 0 atom stereocenters. The molecule has 2 nitrogen and oxygen atoms in total. The number of piperidine rings is 1. The Morgan fingerprint density at radius 3 is 2.30 bits per heavy atom. The van der Waals surface area contributed by atoms with Crippen LogP contribution in [0.1, 0.15) is 51.0 Å². The van der Waals surface area contributed by atoms with E-state index in [1.54, 1.807) is 0 Å². The molecule has 2 aliphatic rings. The van der Waals surface area contributed by atoms with Gasteiger partial charge in [-0.2, -0.15) is 0 Å². The Balaban J connectivity index is 1.85. The minimum atomic E-state index is -0.220. The van der Waals surface area contributed by atoms with E-state index in [1.165, 1.54) is 18.4 Å². The molecule has 3 rings (SSSR count). The van der Waals surface area contributed by atoms with Gasteiger partial charge in [0.15, 0.2) is 0 Å². The Morgan fingerprint density at radius 2 is 1.70 bits per heavy atom. The van der Waals surface area contributed by atoms with Gasteiger partial charge < -0.3 is 4.90 Å². The highest BCUT2D eigenvalue weighted by atomic mass is 16.2. The first-order valence-corrected chi connectivity index (χ1v) is 8.07. The van der Waals surface area contributed by atoms with Crippen molar-refractivity contribution >= 4 is 5.91 Å². The highest BCUT2D eigenvalue weighted by molar-refractivity contribution is 5.88. The molecule has 1 aliphatic carbocycles. The normalized spacial score (nSPS) is 22.9. The number of nitrogens with zero attached hydrogens (tertiary/aromatic N) is 1. The van der Waals surface area contributed by atoms with Gasteiger partial charge in [-0.25, -0.2) is 0 Å². The maximum Gasteiger partial charge on any atom is 0.233 e. The van der Waals surface area contributed by atoms with Crippen molar-refractivity contribution in [2.75, 3.05) is 13.1 Å². The van der Waals surface area contributed by atoms with Crippen LogP contribution in [0.5, 0.6) is 0 Å². The molecule has 0 unspecified atom stereocenters. The number of carbonyl (C=O) groups is 1. The van der Waals surface area contributed by atoms with Crippen LogP contribution in [0.4, 0.5) is 0 Å². The lowest BCUT2D eigenvalue weighted by Gasteiger charge is -2.38. The van der Waals surface area contributed by atoms with Gasteiger partial charge in [0.2, 0.25) is 5.91 Å². The van der Waals surface area contributed by atoms with Crippen molar-refractivity contribution in [2.45, 2.75) is 50.9 Å². The lowest BCUT2D eigenvalue weighted by atomic mass is 9.77. The second-order valence-electron chi connectivity index (χ2n) is 6.63. The molecule has 1 aromatic carbocycles. The van der Waals surface area contributed by atoms with E-state index >= 15 is 0 Å². The lowest BCUT2D eigenvalue weighted by molar-refractivity contribution is -0.138. The average Bonchev–Trinajstić information content (AvgIpc) is 2.99. The summed E-state index contributed by atoms with van der Waals surface area (Å²) in [5, 5.41) is 0. The van der Waals surface area contributed by atoms with Crippen LogP contribution in [0.2, 0.25) is 0 Å². The quantitative estimate of drug-likeness (QED) is 0.802. The van der Waals surface area contributed by atoms with Crippen molar-refractivity contribution in [3.05, 3.63) is 35.9 Å². The molecule has 2 fully saturated rings. The van der Waals surface area contributed by atoms with Gasteiger partial charge in [0, 0.05) is 13.1 Å². The summed E-state index contributed by atoms with van der Waals surface area (Å²) < 4.78 is 0. The molecule has 1 saturated heterocycles. The largest absolute Gasteiger partial charge is 0.342 e. The SMILES string of the molecule is CC1CCN(C(=O)C2(c3ccccc3)CCCC2)CC1. The average molecular weight is 271 g/mol. The van der Waals surface area contributed by atoms with Crippen LogP contribution in [-0.2, 0) is 10.2 Å². The third kappa shape index (κ3) is 2.36. The lowest BCUT2D eigenvalue weighted by Crippen LogP contribution is -2.48. The Morgan fingerprint density at radius 1 is 1.10 bits per heavy atom. The molecule has 2 heteroatoms. The Hall–Kier alpha value is -1.31. The molecule has 0 spiro atoms. The maximum absolute atomic E-state index is 13.2. The van der Waals surface area contributed by atoms with Crippen LogP contribution in [0.15, 0.2) is 30.3 Å². The minimum Gasteiger partial charge on any atom is -0.342 e. The van der Waals surface area contributed by atoms with E-state index in [-0.39, 0.29) is 5.41 Å². The van der Waals surface area contributed by atoms with E-state index in [1.807, 2.05) is 6.07 Å². The first kappa shape index (κ1) is 13.7. The molecule has 0 bridgehead atoms. The number of rotatable bonds is 2. The van der Waals surface area contributed by atoms with Crippen LogP contribution < -0.4 is 0 Å². The van der Waals surface area contributed by atoms with Gasteiger partial charge in [-0.15, -0.1) is 0 Å². The molecule has 0 aromatic heterocycles. The molecule has 0 N–H and O–H groups in total. The minimum absolute atomic E-state index is 0.220. The van der Waals surface area contributed by atoms with Crippen LogP contribution >= 0.6 is 0 Å². The number of benzene rings is 1. The van der Waals surface area contributed by atoms with Crippen LogP contribution in [-0.4, -0.2) is 23.9 Å². The molecule has 1 aromatic rings. The molecule has 0 radical (unpaired) electrons. The van der Waals surface area contributed by atoms with Gasteiger partial charge in [-0.05, 0) is 37.2 Å². The summed E-state index contributed by atoms with van der Waals surface area (Å²) in [6.45, 7) is 4.20. The zero-order chi connectivity index (χ0) is 14.0. The number of likely N-dealkylation sites (tertiary alicyclic amines) is 1. The third-order valence-electron chi connectivity index (χ3n) is 5.26. The van der Waals surface area contributed by atoms with Gasteiger partial charge in [0.25, 0.3) is 0 Å². The number of hydrogen-bond acceptors (Lipinski definition) is 1. The highest BCUT2D eigenvalue weighted by Gasteiger charge is 2.45. The van der Waals surface area contributed by atoms with E-state index in [2.05, 4.69) is 36.1 Å².